The summed E-state index contributed by atoms with van der Waals surface area (Å²) in [6.07, 6.45) is 0. The largest absolute Gasteiger partial charge is 1.00 e. The third-order valence-electron chi connectivity index (χ3n) is 4.50. The second-order valence-electron chi connectivity index (χ2n) is 6.11. The first-order valence-electron chi connectivity index (χ1n) is 7.47. The molecule has 0 heterocycles. The molecule has 31 heavy (non-hydrogen) atoms. The van der Waals surface area contributed by atoms with E-state index >= 15 is 0 Å². The summed E-state index contributed by atoms with van der Waals surface area (Å²) >= 11 is 0. The molecule has 152 valence electrons. The van der Waals surface area contributed by atoms with Crippen molar-refractivity contribution >= 4 is 62.7 Å². The number of benzene rings is 4. The molecule has 0 atom stereocenters. The molecule has 0 bridgehead atoms. The van der Waals surface area contributed by atoms with Crippen LogP contribution in [0.5, 0.6) is 0 Å². The van der Waals surface area contributed by atoms with E-state index in [2.05, 4.69) is 0 Å². The van der Waals surface area contributed by atoms with Crippen LogP contribution < -0.4 is 88.7 Å². The van der Waals surface area contributed by atoms with Crippen LogP contribution in [0.25, 0.3) is 32.3 Å². The quantitative estimate of drug-likeness (QED) is 0.137. The van der Waals surface area contributed by atoms with Crippen LogP contribution in [0, 0.1) is 0 Å². The van der Waals surface area contributed by atoms with E-state index in [9.17, 15) is 38.9 Å². The van der Waals surface area contributed by atoms with Crippen molar-refractivity contribution in [3.05, 3.63) is 42.5 Å². The smallest absolute Gasteiger partial charge is 1.00 e. The van der Waals surface area contributed by atoms with Gasteiger partial charge in [0.2, 0.25) is 0 Å². The number of hydrogen-bond donors (Lipinski definition) is 3. The summed E-state index contributed by atoms with van der Waals surface area (Å²) in [6, 6.07) is 8.37. The van der Waals surface area contributed by atoms with Crippen LogP contribution in [0.15, 0.2) is 57.2 Å². The summed E-state index contributed by atoms with van der Waals surface area (Å²) in [6.45, 7) is 0. The van der Waals surface area contributed by atoms with Gasteiger partial charge in [-0.05, 0) is 22.9 Å². The van der Waals surface area contributed by atoms with E-state index in [0.29, 0.717) is 11.5 Å². The molecule has 9 nitrogen and oxygen atoms in total. The summed E-state index contributed by atoms with van der Waals surface area (Å²) in [5.41, 5.74) is 0. The predicted octanol–water partition coefficient (Wildman–Crippen LogP) is -6.33. The Morgan fingerprint density at radius 2 is 0.871 bits per heavy atom. The first-order chi connectivity index (χ1) is 12.8. The van der Waals surface area contributed by atoms with Crippen LogP contribution in [0.1, 0.15) is 4.28 Å². The fourth-order valence-corrected chi connectivity index (χ4v) is 5.65. The molecule has 3 N–H and O–H groups in total. The van der Waals surface area contributed by atoms with Crippen molar-refractivity contribution in [3.8, 4) is 0 Å². The third kappa shape index (κ3) is 5.19. The molecule has 15 heteroatoms. The monoisotopic (exact) mass is 514 g/mol. The zero-order valence-electron chi connectivity index (χ0n) is 19.6. The van der Waals surface area contributed by atoms with Gasteiger partial charge in [-0.1, -0.05) is 30.3 Å². The van der Waals surface area contributed by atoms with Crippen molar-refractivity contribution in [1.82, 2.24) is 0 Å². The third-order valence-corrected chi connectivity index (χ3v) is 7.20. The van der Waals surface area contributed by atoms with Crippen molar-refractivity contribution in [3.63, 3.8) is 0 Å². The molecule has 0 aromatic heterocycles. The Hall–Kier alpha value is 0.650. The summed E-state index contributed by atoms with van der Waals surface area (Å²) in [7, 11) is -14.4. The molecule has 0 aliphatic carbocycles. The Morgan fingerprint density at radius 3 is 1.29 bits per heavy atom. The zero-order chi connectivity index (χ0) is 20.6. The normalized spacial score (nSPS) is 12.4. The minimum atomic E-state index is -4.89. The van der Waals surface area contributed by atoms with Gasteiger partial charge >= 0.3 is 88.7 Å². The molecule has 4 aromatic rings. The second-order valence-corrected chi connectivity index (χ2v) is 10.3. The average Bonchev–Trinajstić information content (AvgIpc) is 2.55. The van der Waals surface area contributed by atoms with Crippen LogP contribution >= 0.6 is 0 Å². The van der Waals surface area contributed by atoms with E-state index in [1.807, 2.05) is 0 Å². The van der Waals surface area contributed by atoms with Gasteiger partial charge in [-0.25, -0.2) is 0 Å². The Balaban J connectivity index is -0.00000160. The molecular weight excluding hydrogens is 501 g/mol. The topological polar surface area (TPSA) is 163 Å². The van der Waals surface area contributed by atoms with Crippen molar-refractivity contribution in [2.24, 2.45) is 0 Å². The fraction of sp³-hybridized carbons (Fsp3) is 0. The van der Waals surface area contributed by atoms with Gasteiger partial charge in [-0.15, -0.1) is 0 Å². The molecule has 0 aliphatic heterocycles. The predicted molar refractivity (Wildman–Crippen MR) is 103 cm³/mol. The average molecular weight is 514 g/mol. The van der Waals surface area contributed by atoms with Gasteiger partial charge in [-0.3, -0.25) is 13.7 Å². The summed E-state index contributed by atoms with van der Waals surface area (Å²) in [4.78, 5) is -1.99. The van der Waals surface area contributed by atoms with E-state index in [1.165, 1.54) is 30.3 Å². The molecule has 0 radical (unpaired) electrons. The van der Waals surface area contributed by atoms with Crippen LogP contribution in [0.2, 0.25) is 0 Å². The standard InChI is InChI=1S/C16H10O9S3.3Na.3H/c17-26(18,19)12-6-2-8-1-3-10-13(27(20,21)22)7-14(28(23,24)25)11-5-4-9(12)15(8)16(10)11;;;;;;/h1-7H,(H,17,18,19)(H,20,21,22)(H,23,24,25);;;;;;/q;3*+1;3*-1. The first kappa shape index (κ1) is 29.7. The molecule has 0 saturated heterocycles. The van der Waals surface area contributed by atoms with Crippen molar-refractivity contribution in [2.75, 3.05) is 0 Å². The summed E-state index contributed by atoms with van der Waals surface area (Å²) in [5.74, 6) is 0. The molecule has 0 saturated carbocycles. The maximum Gasteiger partial charge on any atom is 1.00 e. The SMILES string of the molecule is O=S(=O)(O)c1ccc2ccc3c(S(=O)(=O)O)cc(S(=O)(=O)O)c4ccc1c2c34.[H-].[H-].[H-].[Na+].[Na+].[Na+]. The van der Waals surface area contributed by atoms with E-state index < -0.39 is 45.0 Å². The van der Waals surface area contributed by atoms with Crippen molar-refractivity contribution < 1.29 is 132 Å². The van der Waals surface area contributed by atoms with Crippen LogP contribution in [0.4, 0.5) is 0 Å². The van der Waals surface area contributed by atoms with Gasteiger partial charge in [0.05, 0.1) is 0 Å². The molecule has 0 fully saturated rings. The van der Waals surface area contributed by atoms with Gasteiger partial charge < -0.3 is 4.28 Å². The zero-order valence-corrected chi connectivity index (χ0v) is 25.0. The Morgan fingerprint density at radius 1 is 0.516 bits per heavy atom. The minimum absolute atomic E-state index is 0. The summed E-state index contributed by atoms with van der Waals surface area (Å²) < 4.78 is 99.3. The van der Waals surface area contributed by atoms with Gasteiger partial charge in [0.15, 0.2) is 0 Å². The maximum atomic E-state index is 11.8. The summed E-state index contributed by atoms with van der Waals surface area (Å²) in [5, 5.41) is 0.455. The molecule has 0 amide bonds. The van der Waals surface area contributed by atoms with Gasteiger partial charge in [0, 0.05) is 21.5 Å². The molecule has 0 aliphatic rings. The van der Waals surface area contributed by atoms with Gasteiger partial charge in [0.25, 0.3) is 30.4 Å². The Bertz CT molecular complexity index is 1590. The molecule has 4 aromatic carbocycles. The van der Waals surface area contributed by atoms with Crippen LogP contribution in [0.3, 0.4) is 0 Å². The minimum Gasteiger partial charge on any atom is -1.00 e. The number of hydrogen-bond acceptors (Lipinski definition) is 6. The Kier molecular flexibility index (Phi) is 9.31. The Labute approximate surface area is 248 Å². The van der Waals surface area contributed by atoms with E-state index in [1.54, 1.807) is 0 Å². The molecule has 0 spiro atoms. The fourth-order valence-electron chi connectivity index (χ4n) is 3.46. The van der Waals surface area contributed by atoms with Crippen molar-refractivity contribution in [1.29, 1.82) is 0 Å². The maximum absolute atomic E-state index is 11.8. The van der Waals surface area contributed by atoms with Crippen molar-refractivity contribution in [2.45, 2.75) is 14.7 Å². The van der Waals surface area contributed by atoms with Gasteiger partial charge in [-0.2, -0.15) is 25.3 Å². The van der Waals surface area contributed by atoms with E-state index in [-0.39, 0.29) is 120 Å². The van der Waals surface area contributed by atoms with Gasteiger partial charge in [0.1, 0.15) is 14.7 Å². The first-order valence-corrected chi connectivity index (χ1v) is 11.8. The van der Waals surface area contributed by atoms with Crippen LogP contribution in [-0.4, -0.2) is 38.9 Å². The molecule has 0 unspecified atom stereocenters. The van der Waals surface area contributed by atoms with Crippen LogP contribution in [-0.2, 0) is 30.4 Å². The molecular formula is C16H13Na3O9S3. The van der Waals surface area contributed by atoms with E-state index in [4.69, 9.17) is 0 Å². The number of rotatable bonds is 3. The van der Waals surface area contributed by atoms with E-state index in [0.717, 1.165) is 6.07 Å². The second kappa shape index (κ2) is 9.72. The molecule has 4 rings (SSSR count).